The van der Waals surface area contributed by atoms with E-state index in [4.69, 9.17) is 9.47 Å². The Kier molecular flexibility index (Phi) is 12.8. The van der Waals surface area contributed by atoms with Gasteiger partial charge in [-0.25, -0.2) is 0 Å². The van der Waals surface area contributed by atoms with E-state index in [1.54, 1.807) is 7.11 Å². The molecule has 0 saturated carbocycles. The Balaban J connectivity index is 0.00000338. The Bertz CT molecular complexity index is 390. The molecule has 26 heavy (non-hydrogen) atoms. The van der Waals surface area contributed by atoms with Crippen molar-refractivity contribution < 1.29 is 9.47 Å². The van der Waals surface area contributed by atoms with Crippen LogP contribution in [0.4, 0.5) is 0 Å². The van der Waals surface area contributed by atoms with E-state index in [1.807, 2.05) is 7.05 Å². The van der Waals surface area contributed by atoms with Gasteiger partial charge in [-0.3, -0.25) is 4.99 Å². The number of aliphatic imine (C=N–C) groups is 1. The predicted octanol–water partition coefficient (Wildman–Crippen LogP) is 2.43. The van der Waals surface area contributed by atoms with Crippen molar-refractivity contribution in [1.29, 1.82) is 0 Å². The molecule has 0 aromatic heterocycles. The molecule has 6 nitrogen and oxygen atoms in total. The van der Waals surface area contributed by atoms with Crippen LogP contribution >= 0.6 is 24.0 Å². The molecular weight excluding hydrogens is 443 g/mol. The van der Waals surface area contributed by atoms with E-state index in [2.05, 4.69) is 27.0 Å². The van der Waals surface area contributed by atoms with Gasteiger partial charge in [0.1, 0.15) is 0 Å². The normalized spacial score (nSPS) is 23.0. The highest BCUT2D eigenvalue weighted by Gasteiger charge is 2.23. The molecule has 2 saturated heterocycles. The molecule has 0 aromatic carbocycles. The molecule has 0 aliphatic carbocycles. The minimum Gasteiger partial charge on any atom is -0.385 e. The second-order valence-corrected chi connectivity index (χ2v) is 7.23. The van der Waals surface area contributed by atoms with Crippen molar-refractivity contribution in [1.82, 2.24) is 15.1 Å². The molecule has 0 amide bonds. The molecule has 2 aliphatic heterocycles. The van der Waals surface area contributed by atoms with Gasteiger partial charge < -0.3 is 24.6 Å². The van der Waals surface area contributed by atoms with E-state index >= 15 is 0 Å². The number of piperidine rings is 2. The van der Waals surface area contributed by atoms with E-state index in [0.29, 0.717) is 6.10 Å². The Hall–Kier alpha value is -0.120. The zero-order valence-corrected chi connectivity index (χ0v) is 19.2. The Morgan fingerprint density at radius 2 is 1.92 bits per heavy atom. The van der Waals surface area contributed by atoms with Gasteiger partial charge in [-0.15, -0.1) is 24.0 Å². The van der Waals surface area contributed by atoms with Crippen molar-refractivity contribution >= 4 is 29.9 Å². The largest absolute Gasteiger partial charge is 0.385 e. The average molecular weight is 482 g/mol. The van der Waals surface area contributed by atoms with Crippen LogP contribution < -0.4 is 5.32 Å². The summed E-state index contributed by atoms with van der Waals surface area (Å²) in [6.07, 6.45) is 6.20. The second-order valence-electron chi connectivity index (χ2n) is 7.23. The molecule has 2 rings (SSSR count). The van der Waals surface area contributed by atoms with Gasteiger partial charge in [0.05, 0.1) is 6.10 Å². The van der Waals surface area contributed by atoms with Crippen molar-refractivity contribution in [3.63, 3.8) is 0 Å². The van der Waals surface area contributed by atoms with Gasteiger partial charge in [-0.2, -0.15) is 0 Å². The van der Waals surface area contributed by atoms with E-state index in [0.717, 1.165) is 64.0 Å². The standard InChI is InChI=1S/C19H38N4O2.HI/c1-4-22-10-5-7-17(16-22)15-21-19(20-2)23-11-8-18(9-12-23)25-14-6-13-24-3;/h17-18H,4-16H2,1-3H3,(H,20,21);1H. The first-order valence-corrected chi connectivity index (χ1v) is 10.0. The maximum Gasteiger partial charge on any atom is 0.193 e. The number of likely N-dealkylation sites (tertiary alicyclic amines) is 2. The molecule has 2 heterocycles. The summed E-state index contributed by atoms with van der Waals surface area (Å²) >= 11 is 0. The van der Waals surface area contributed by atoms with Crippen molar-refractivity contribution in [2.24, 2.45) is 10.9 Å². The summed E-state index contributed by atoms with van der Waals surface area (Å²) < 4.78 is 11.0. The molecule has 2 fully saturated rings. The maximum atomic E-state index is 5.95. The fraction of sp³-hybridized carbons (Fsp3) is 0.947. The summed E-state index contributed by atoms with van der Waals surface area (Å²) in [6, 6.07) is 0. The average Bonchev–Trinajstić information content (AvgIpc) is 2.67. The van der Waals surface area contributed by atoms with Gasteiger partial charge in [0.25, 0.3) is 0 Å². The lowest BCUT2D eigenvalue weighted by atomic mass is 9.98. The van der Waals surface area contributed by atoms with Crippen LogP contribution in [0.1, 0.15) is 39.0 Å². The van der Waals surface area contributed by atoms with Gasteiger partial charge >= 0.3 is 0 Å². The molecule has 1 unspecified atom stereocenters. The molecule has 0 aromatic rings. The van der Waals surface area contributed by atoms with Gasteiger partial charge in [0.15, 0.2) is 5.96 Å². The van der Waals surface area contributed by atoms with Crippen LogP contribution in [-0.4, -0.2) is 88.5 Å². The number of ether oxygens (including phenoxy) is 2. The molecule has 154 valence electrons. The molecular formula is C19H39IN4O2. The molecule has 0 bridgehead atoms. The van der Waals surface area contributed by atoms with Crippen LogP contribution in [0.3, 0.4) is 0 Å². The van der Waals surface area contributed by atoms with Crippen molar-refractivity contribution in [2.75, 3.05) is 66.6 Å². The first-order chi connectivity index (χ1) is 12.3. The summed E-state index contributed by atoms with van der Waals surface area (Å²) in [5.41, 5.74) is 0. The lowest BCUT2D eigenvalue weighted by Crippen LogP contribution is -2.49. The zero-order chi connectivity index (χ0) is 17.9. The Morgan fingerprint density at radius 3 is 2.58 bits per heavy atom. The highest BCUT2D eigenvalue weighted by molar-refractivity contribution is 14.0. The number of methoxy groups -OCH3 is 1. The Morgan fingerprint density at radius 1 is 1.15 bits per heavy atom. The number of rotatable bonds is 8. The summed E-state index contributed by atoms with van der Waals surface area (Å²) in [5.74, 6) is 1.80. The van der Waals surface area contributed by atoms with Crippen LogP contribution in [0.2, 0.25) is 0 Å². The quantitative estimate of drug-likeness (QED) is 0.249. The summed E-state index contributed by atoms with van der Waals surface area (Å²) in [5, 5.41) is 3.62. The van der Waals surface area contributed by atoms with Gasteiger partial charge in [0, 0.05) is 53.6 Å². The molecule has 1 N–H and O–H groups in total. The summed E-state index contributed by atoms with van der Waals surface area (Å²) in [4.78, 5) is 9.45. The third-order valence-corrected chi connectivity index (χ3v) is 5.40. The molecule has 1 atom stereocenters. The summed E-state index contributed by atoms with van der Waals surface area (Å²) in [7, 11) is 3.64. The minimum absolute atomic E-state index is 0. The van der Waals surface area contributed by atoms with Crippen molar-refractivity contribution in [3.8, 4) is 0 Å². The topological polar surface area (TPSA) is 49.3 Å². The number of nitrogens with one attached hydrogen (secondary N) is 1. The van der Waals surface area contributed by atoms with Crippen LogP contribution in [-0.2, 0) is 9.47 Å². The fourth-order valence-electron chi connectivity index (χ4n) is 3.86. The lowest BCUT2D eigenvalue weighted by molar-refractivity contribution is 0.00985. The number of guanidine groups is 1. The van der Waals surface area contributed by atoms with E-state index in [9.17, 15) is 0 Å². The molecule has 0 radical (unpaired) electrons. The molecule has 2 aliphatic rings. The van der Waals surface area contributed by atoms with Gasteiger partial charge in [0.2, 0.25) is 0 Å². The highest BCUT2D eigenvalue weighted by Crippen LogP contribution is 2.17. The second kappa shape index (κ2) is 14.0. The number of hydrogen-bond acceptors (Lipinski definition) is 4. The molecule has 0 spiro atoms. The summed E-state index contributed by atoms with van der Waals surface area (Å²) in [6.45, 7) is 10.6. The Labute approximate surface area is 177 Å². The first-order valence-electron chi connectivity index (χ1n) is 10.0. The van der Waals surface area contributed by atoms with Gasteiger partial charge in [-0.1, -0.05) is 6.92 Å². The van der Waals surface area contributed by atoms with Crippen molar-refractivity contribution in [2.45, 2.75) is 45.1 Å². The number of nitrogens with zero attached hydrogens (tertiary/aromatic N) is 3. The predicted molar refractivity (Wildman–Crippen MR) is 119 cm³/mol. The van der Waals surface area contributed by atoms with Crippen LogP contribution in [0, 0.1) is 5.92 Å². The first kappa shape index (κ1) is 23.9. The lowest BCUT2D eigenvalue weighted by Gasteiger charge is -2.36. The van der Waals surface area contributed by atoms with E-state index in [1.165, 1.54) is 32.5 Å². The van der Waals surface area contributed by atoms with Crippen LogP contribution in [0.25, 0.3) is 0 Å². The third kappa shape index (κ3) is 8.27. The zero-order valence-electron chi connectivity index (χ0n) is 16.9. The smallest absolute Gasteiger partial charge is 0.193 e. The van der Waals surface area contributed by atoms with E-state index < -0.39 is 0 Å². The number of hydrogen-bond donors (Lipinski definition) is 1. The fourth-order valence-corrected chi connectivity index (χ4v) is 3.86. The third-order valence-electron chi connectivity index (χ3n) is 5.40. The van der Waals surface area contributed by atoms with Crippen LogP contribution in [0.5, 0.6) is 0 Å². The monoisotopic (exact) mass is 482 g/mol. The highest BCUT2D eigenvalue weighted by atomic mass is 127. The van der Waals surface area contributed by atoms with Crippen molar-refractivity contribution in [3.05, 3.63) is 0 Å². The van der Waals surface area contributed by atoms with Gasteiger partial charge in [-0.05, 0) is 51.1 Å². The van der Waals surface area contributed by atoms with Crippen LogP contribution in [0.15, 0.2) is 4.99 Å². The molecule has 7 heteroatoms. The van der Waals surface area contributed by atoms with E-state index in [-0.39, 0.29) is 24.0 Å². The maximum absolute atomic E-state index is 5.95. The number of halogens is 1. The minimum atomic E-state index is 0. The SMILES string of the molecule is CCN1CCCC(CNC(=NC)N2CCC(OCCCOC)CC2)C1.I.